The number of nitrogens with zero attached hydrogens (tertiary/aromatic N) is 2. The van der Waals surface area contributed by atoms with Gasteiger partial charge in [-0.2, -0.15) is 0 Å². The molecular weight excluding hydrogens is 569 g/mol. The summed E-state index contributed by atoms with van der Waals surface area (Å²) >= 11 is 12.2. The summed E-state index contributed by atoms with van der Waals surface area (Å²) in [4.78, 5) is 28.9. The number of carbonyl (C=O) groups excluding carboxylic acids is 2. The van der Waals surface area contributed by atoms with E-state index in [1.54, 1.807) is 18.2 Å². The molecule has 2 atom stereocenters. The van der Waals surface area contributed by atoms with E-state index in [1.165, 1.54) is 35.2 Å². The van der Waals surface area contributed by atoms with Crippen molar-refractivity contribution in [1.82, 2.24) is 10.2 Å². The van der Waals surface area contributed by atoms with Crippen LogP contribution in [0.2, 0.25) is 10.0 Å². The smallest absolute Gasteiger partial charge is 0.264 e. The molecule has 0 saturated carbocycles. The highest BCUT2D eigenvalue weighted by Crippen LogP contribution is 2.28. The van der Waals surface area contributed by atoms with E-state index in [-0.39, 0.29) is 29.1 Å². The molecule has 3 aromatic carbocycles. The zero-order valence-electron chi connectivity index (χ0n) is 23.1. The van der Waals surface area contributed by atoms with Crippen molar-refractivity contribution >= 4 is 50.7 Å². The number of aryl methyl sites for hydroxylation is 1. The molecule has 0 saturated heterocycles. The molecule has 2 amide bonds. The maximum absolute atomic E-state index is 14.1. The minimum Gasteiger partial charge on any atom is -0.352 e. The molecule has 0 unspecified atom stereocenters. The maximum Gasteiger partial charge on any atom is 0.264 e. The van der Waals surface area contributed by atoms with Gasteiger partial charge in [-0.3, -0.25) is 13.9 Å². The lowest BCUT2D eigenvalue weighted by Gasteiger charge is -2.34. The Morgan fingerprint density at radius 2 is 1.57 bits per heavy atom. The second-order valence-corrected chi connectivity index (χ2v) is 12.4. The number of carbonyl (C=O) groups is 2. The lowest BCUT2D eigenvalue weighted by Crippen LogP contribution is -2.53. The summed E-state index contributed by atoms with van der Waals surface area (Å²) in [5.41, 5.74) is 2.04. The molecule has 0 aromatic heterocycles. The number of benzene rings is 3. The quantitative estimate of drug-likeness (QED) is 0.266. The summed E-state index contributed by atoms with van der Waals surface area (Å²) in [5, 5.41) is 3.67. The highest BCUT2D eigenvalue weighted by Gasteiger charge is 2.34. The van der Waals surface area contributed by atoms with Crippen LogP contribution >= 0.6 is 23.2 Å². The van der Waals surface area contributed by atoms with Crippen LogP contribution in [0.1, 0.15) is 44.7 Å². The average molecular weight is 605 g/mol. The number of hydrogen-bond donors (Lipinski definition) is 1. The second kappa shape index (κ2) is 14.0. The predicted octanol–water partition coefficient (Wildman–Crippen LogP) is 6.22. The van der Waals surface area contributed by atoms with Gasteiger partial charge in [0.1, 0.15) is 12.6 Å². The Kier molecular flexibility index (Phi) is 11.0. The first kappa shape index (κ1) is 31.5. The zero-order chi connectivity index (χ0) is 29.4. The lowest BCUT2D eigenvalue weighted by atomic mass is 10.1. The van der Waals surface area contributed by atoms with Gasteiger partial charge in [0.25, 0.3) is 10.0 Å². The standard InChI is InChI=1S/C30H35Cl2N3O4S/c1-5-22(4)33-30(37)28(6-2)34(19-23-11-8-7-10-21(23)3)29(36)20-35(26-13-9-12-25(32)18-26)40(38,39)27-16-14-24(31)15-17-27/h7-18,22,28H,5-6,19-20H2,1-4H3,(H,33,37)/t22-,28+/m0/s1. The van der Waals surface area contributed by atoms with E-state index in [9.17, 15) is 18.0 Å². The van der Waals surface area contributed by atoms with Gasteiger partial charge in [0, 0.05) is 22.6 Å². The summed E-state index contributed by atoms with van der Waals surface area (Å²) in [5.74, 6) is -0.805. The van der Waals surface area contributed by atoms with Gasteiger partial charge in [-0.15, -0.1) is 0 Å². The van der Waals surface area contributed by atoms with Crippen LogP contribution in [0.4, 0.5) is 5.69 Å². The maximum atomic E-state index is 14.1. The van der Waals surface area contributed by atoms with Crippen LogP contribution in [0.3, 0.4) is 0 Å². The van der Waals surface area contributed by atoms with Crippen molar-refractivity contribution in [1.29, 1.82) is 0 Å². The van der Waals surface area contributed by atoms with Crippen LogP contribution in [-0.4, -0.2) is 43.8 Å². The number of amides is 2. The minimum atomic E-state index is -4.20. The molecule has 7 nitrogen and oxygen atoms in total. The molecule has 10 heteroatoms. The van der Waals surface area contributed by atoms with Gasteiger partial charge in [0.15, 0.2) is 0 Å². The molecule has 0 radical (unpaired) electrons. The largest absolute Gasteiger partial charge is 0.352 e. The fraction of sp³-hybridized carbons (Fsp3) is 0.333. The first-order valence-electron chi connectivity index (χ1n) is 13.2. The number of halogens is 2. The fourth-order valence-electron chi connectivity index (χ4n) is 4.23. The Morgan fingerprint density at radius 3 is 2.17 bits per heavy atom. The summed E-state index contributed by atoms with van der Waals surface area (Å²) in [7, 11) is -4.20. The number of anilines is 1. The SMILES string of the molecule is CC[C@H](C(=O)N[C@@H](C)CC)N(Cc1ccccc1C)C(=O)CN(c1cccc(Cl)c1)S(=O)(=O)c1ccc(Cl)cc1. The molecule has 0 aliphatic carbocycles. The first-order valence-corrected chi connectivity index (χ1v) is 15.4. The van der Waals surface area contributed by atoms with Crippen molar-refractivity contribution in [3.05, 3.63) is 94.0 Å². The van der Waals surface area contributed by atoms with E-state index < -0.39 is 28.5 Å². The van der Waals surface area contributed by atoms with E-state index in [2.05, 4.69) is 5.32 Å². The molecule has 40 heavy (non-hydrogen) atoms. The van der Waals surface area contributed by atoms with Crippen LogP contribution in [0.5, 0.6) is 0 Å². The molecule has 214 valence electrons. The highest BCUT2D eigenvalue weighted by atomic mass is 35.5. The van der Waals surface area contributed by atoms with Crippen LogP contribution in [-0.2, 0) is 26.2 Å². The van der Waals surface area contributed by atoms with Crippen LogP contribution in [0.15, 0.2) is 77.7 Å². The van der Waals surface area contributed by atoms with Crippen molar-refractivity contribution in [2.75, 3.05) is 10.8 Å². The van der Waals surface area contributed by atoms with E-state index in [0.29, 0.717) is 16.5 Å². The van der Waals surface area contributed by atoms with Gasteiger partial charge in [0.05, 0.1) is 10.6 Å². The molecule has 0 aliphatic rings. The van der Waals surface area contributed by atoms with E-state index in [1.807, 2.05) is 52.0 Å². The Labute approximate surface area is 247 Å². The van der Waals surface area contributed by atoms with Crippen molar-refractivity contribution in [2.24, 2.45) is 0 Å². The van der Waals surface area contributed by atoms with Crippen molar-refractivity contribution < 1.29 is 18.0 Å². The third kappa shape index (κ3) is 7.77. The minimum absolute atomic E-state index is 0.0308. The van der Waals surface area contributed by atoms with Crippen molar-refractivity contribution in [3.8, 4) is 0 Å². The predicted molar refractivity (Wildman–Crippen MR) is 161 cm³/mol. The summed E-state index contributed by atoms with van der Waals surface area (Å²) in [6, 6.07) is 18.7. The summed E-state index contributed by atoms with van der Waals surface area (Å²) in [6.07, 6.45) is 1.08. The molecule has 0 heterocycles. The lowest BCUT2D eigenvalue weighted by molar-refractivity contribution is -0.140. The third-order valence-corrected chi connectivity index (χ3v) is 9.04. The molecule has 0 spiro atoms. The molecule has 0 aliphatic heterocycles. The van der Waals surface area contributed by atoms with Crippen LogP contribution in [0, 0.1) is 6.92 Å². The Bertz CT molecular complexity index is 1430. The highest BCUT2D eigenvalue weighted by molar-refractivity contribution is 7.92. The van der Waals surface area contributed by atoms with Gasteiger partial charge in [-0.25, -0.2) is 8.42 Å². The third-order valence-electron chi connectivity index (χ3n) is 6.77. The first-order chi connectivity index (χ1) is 19.0. The summed E-state index contributed by atoms with van der Waals surface area (Å²) in [6.45, 7) is 7.23. The van der Waals surface area contributed by atoms with E-state index in [0.717, 1.165) is 21.9 Å². The zero-order valence-corrected chi connectivity index (χ0v) is 25.4. The van der Waals surface area contributed by atoms with Crippen LogP contribution < -0.4 is 9.62 Å². The Hall–Kier alpha value is -3.07. The van der Waals surface area contributed by atoms with Gasteiger partial charge in [-0.1, -0.05) is 67.4 Å². The van der Waals surface area contributed by atoms with E-state index >= 15 is 0 Å². The second-order valence-electron chi connectivity index (χ2n) is 9.64. The van der Waals surface area contributed by atoms with E-state index in [4.69, 9.17) is 23.2 Å². The monoisotopic (exact) mass is 603 g/mol. The Balaban J connectivity index is 2.07. The van der Waals surface area contributed by atoms with Gasteiger partial charge in [-0.05, 0) is 80.3 Å². The number of nitrogens with one attached hydrogen (secondary N) is 1. The average Bonchev–Trinajstić information content (AvgIpc) is 2.92. The van der Waals surface area contributed by atoms with Crippen molar-refractivity contribution in [3.63, 3.8) is 0 Å². The molecule has 3 aromatic rings. The number of sulfonamides is 1. The Morgan fingerprint density at radius 1 is 0.900 bits per heavy atom. The fourth-order valence-corrected chi connectivity index (χ4v) is 5.94. The summed E-state index contributed by atoms with van der Waals surface area (Å²) < 4.78 is 28.8. The number of hydrogen-bond acceptors (Lipinski definition) is 4. The van der Waals surface area contributed by atoms with Crippen LogP contribution in [0.25, 0.3) is 0 Å². The molecular formula is C30H35Cl2N3O4S. The van der Waals surface area contributed by atoms with Crippen molar-refractivity contribution in [2.45, 2.75) is 64.1 Å². The molecule has 0 bridgehead atoms. The topological polar surface area (TPSA) is 86.8 Å². The van der Waals surface area contributed by atoms with Gasteiger partial charge >= 0.3 is 0 Å². The molecule has 0 fully saturated rings. The van der Waals surface area contributed by atoms with Gasteiger partial charge in [0.2, 0.25) is 11.8 Å². The number of rotatable bonds is 12. The molecule has 3 rings (SSSR count). The normalized spacial score (nSPS) is 12.8. The molecule has 1 N–H and O–H groups in total. The van der Waals surface area contributed by atoms with Gasteiger partial charge < -0.3 is 10.2 Å².